The monoisotopic (exact) mass is 474 g/mol. The minimum absolute atomic E-state index is 0. The van der Waals surface area contributed by atoms with E-state index in [0.29, 0.717) is 41.2 Å². The van der Waals surface area contributed by atoms with Crippen molar-refractivity contribution in [2.45, 2.75) is 6.54 Å². The van der Waals surface area contributed by atoms with Gasteiger partial charge in [-0.3, -0.25) is 14.4 Å². The van der Waals surface area contributed by atoms with Gasteiger partial charge in [-0.2, -0.15) is 0 Å². The van der Waals surface area contributed by atoms with Crippen molar-refractivity contribution >= 4 is 36.4 Å². The van der Waals surface area contributed by atoms with Gasteiger partial charge in [-0.15, -0.1) is 31.2 Å². The average molecular weight is 475 g/mol. The molecule has 0 bridgehead atoms. The lowest BCUT2D eigenvalue weighted by Crippen LogP contribution is -2.28. The molecule has 4 rings (SSSR count). The van der Waals surface area contributed by atoms with Crippen LogP contribution < -0.4 is 5.32 Å². The highest BCUT2D eigenvalue weighted by atomic mass is 35.5. The number of carbonyl (C=O) groups excluding carboxylic acids is 1. The molecule has 9 heteroatoms. The summed E-state index contributed by atoms with van der Waals surface area (Å²) in [6.07, 6.45) is 7.16. The van der Waals surface area contributed by atoms with E-state index in [0.717, 1.165) is 5.69 Å². The molecule has 1 aromatic heterocycles. The van der Waals surface area contributed by atoms with Gasteiger partial charge in [-0.05, 0) is 30.3 Å². The van der Waals surface area contributed by atoms with E-state index in [2.05, 4.69) is 21.2 Å². The molecule has 2 aromatic carbocycles. The second kappa shape index (κ2) is 10.9. The summed E-state index contributed by atoms with van der Waals surface area (Å²) in [4.78, 5) is 21.6. The molecule has 0 unspecified atom stereocenters. The number of methoxy groups -OCH3 is 1. The maximum Gasteiger partial charge on any atom is 0.271 e. The molecule has 1 amide bonds. The predicted octanol–water partition coefficient (Wildman–Crippen LogP) is 3.56. The van der Waals surface area contributed by atoms with Gasteiger partial charge >= 0.3 is 0 Å². The van der Waals surface area contributed by atoms with Crippen LogP contribution in [0, 0.1) is 18.2 Å². The number of hydrogen-bond donors (Lipinski definition) is 1. The Hall–Kier alpha value is -3.18. The number of fused-ring (bicyclic) bond motifs is 3. The number of ether oxygens (including phenoxy) is 1. The number of benzene rings is 2. The molecule has 0 aliphatic carbocycles. The fourth-order valence-corrected chi connectivity index (χ4v) is 3.42. The maximum atomic E-state index is 14.6. The zero-order valence-corrected chi connectivity index (χ0v) is 18.8. The standard InChI is InChI=1S/C23H19FN4O2.2ClH/c1-3-15-8-9-19-17(12-15)21(16-6-4-5-7-18(16)24)26-13-20-22(27-14-28(19)20)23(29)25-10-11-30-2;;/h1,4-9,12,14H,10-11,13H2,2H3,(H,25,29);2*1H. The van der Waals surface area contributed by atoms with Crippen molar-refractivity contribution < 1.29 is 13.9 Å². The number of nitrogens with zero attached hydrogens (tertiary/aromatic N) is 3. The third-order valence-electron chi connectivity index (χ3n) is 4.87. The van der Waals surface area contributed by atoms with E-state index in [-0.39, 0.29) is 48.8 Å². The fraction of sp³-hybridized carbons (Fsp3) is 0.174. The molecule has 0 atom stereocenters. The molecule has 1 N–H and O–H groups in total. The van der Waals surface area contributed by atoms with E-state index in [1.54, 1.807) is 48.3 Å². The number of terminal acetylenes is 1. The largest absolute Gasteiger partial charge is 0.383 e. The lowest BCUT2D eigenvalue weighted by Gasteiger charge is -2.13. The van der Waals surface area contributed by atoms with Crippen LogP contribution in [-0.4, -0.2) is 41.4 Å². The Balaban J connectivity index is 0.00000181. The SMILES string of the molecule is C#Cc1ccc2c(c1)C(c1ccccc1F)=NCc1c(C(=O)NCCOC)ncn1-2.Cl.Cl. The van der Waals surface area contributed by atoms with E-state index < -0.39 is 0 Å². The van der Waals surface area contributed by atoms with Crippen LogP contribution in [0.1, 0.15) is 32.9 Å². The molecular weight excluding hydrogens is 454 g/mol. The van der Waals surface area contributed by atoms with Crippen molar-refractivity contribution in [3.63, 3.8) is 0 Å². The summed E-state index contributed by atoms with van der Waals surface area (Å²) in [5.74, 6) is 1.92. The van der Waals surface area contributed by atoms with E-state index in [9.17, 15) is 9.18 Å². The van der Waals surface area contributed by atoms with Crippen molar-refractivity contribution in [2.24, 2.45) is 4.99 Å². The summed E-state index contributed by atoms with van der Waals surface area (Å²) in [6, 6.07) is 11.9. The van der Waals surface area contributed by atoms with Gasteiger partial charge in [0.05, 0.1) is 30.2 Å². The summed E-state index contributed by atoms with van der Waals surface area (Å²) < 4.78 is 21.4. The summed E-state index contributed by atoms with van der Waals surface area (Å²) in [7, 11) is 1.56. The molecule has 6 nitrogen and oxygen atoms in total. The van der Waals surface area contributed by atoms with Gasteiger partial charge in [0.25, 0.3) is 5.91 Å². The number of rotatable bonds is 5. The first-order valence-corrected chi connectivity index (χ1v) is 9.38. The first kappa shape index (κ1) is 25.1. The van der Waals surface area contributed by atoms with Crippen molar-refractivity contribution in [2.75, 3.05) is 20.3 Å². The highest BCUT2D eigenvalue weighted by Gasteiger charge is 2.25. The smallest absolute Gasteiger partial charge is 0.271 e. The Labute approximate surface area is 197 Å². The molecule has 3 aromatic rings. The number of aromatic nitrogens is 2. The number of hydrogen-bond acceptors (Lipinski definition) is 4. The Morgan fingerprint density at radius 3 is 2.75 bits per heavy atom. The first-order valence-electron chi connectivity index (χ1n) is 9.38. The second-order valence-corrected chi connectivity index (χ2v) is 6.68. The van der Waals surface area contributed by atoms with Crippen molar-refractivity contribution in [1.29, 1.82) is 0 Å². The summed E-state index contributed by atoms with van der Waals surface area (Å²) in [6.45, 7) is 0.930. The minimum atomic E-state index is -0.379. The topological polar surface area (TPSA) is 68.5 Å². The number of nitrogens with one attached hydrogen (secondary N) is 1. The summed E-state index contributed by atoms with van der Waals surface area (Å²) >= 11 is 0. The first-order chi connectivity index (χ1) is 14.6. The molecule has 166 valence electrons. The van der Waals surface area contributed by atoms with Gasteiger partial charge in [-0.1, -0.05) is 18.1 Å². The molecule has 1 aliphatic heterocycles. The van der Waals surface area contributed by atoms with Gasteiger partial charge in [0.2, 0.25) is 0 Å². The molecule has 2 heterocycles. The Bertz CT molecular complexity index is 1200. The van der Waals surface area contributed by atoms with Crippen LogP contribution in [0.15, 0.2) is 53.8 Å². The van der Waals surface area contributed by atoms with E-state index >= 15 is 0 Å². The van der Waals surface area contributed by atoms with Crippen LogP contribution in [0.3, 0.4) is 0 Å². The normalized spacial score (nSPS) is 11.5. The zero-order valence-electron chi connectivity index (χ0n) is 17.2. The molecule has 1 aliphatic rings. The molecule has 0 saturated heterocycles. The van der Waals surface area contributed by atoms with Crippen molar-refractivity contribution in [3.05, 3.63) is 82.7 Å². The summed E-state index contributed by atoms with van der Waals surface area (Å²) in [5.41, 5.74) is 3.80. The van der Waals surface area contributed by atoms with Crippen LogP contribution in [0.2, 0.25) is 0 Å². The molecule has 0 saturated carbocycles. The summed E-state index contributed by atoms with van der Waals surface area (Å²) in [5, 5.41) is 2.78. The van der Waals surface area contributed by atoms with Gasteiger partial charge in [-0.25, -0.2) is 9.37 Å². The van der Waals surface area contributed by atoms with E-state index in [4.69, 9.17) is 11.2 Å². The molecule has 0 radical (unpaired) electrons. The Kier molecular flexibility index (Phi) is 8.56. The van der Waals surface area contributed by atoms with Crippen molar-refractivity contribution in [3.8, 4) is 18.0 Å². The third kappa shape index (κ3) is 4.68. The van der Waals surface area contributed by atoms with Gasteiger partial charge in [0.15, 0.2) is 5.69 Å². The number of amides is 1. The number of aliphatic imine (C=N–C) groups is 1. The van der Waals surface area contributed by atoms with Crippen molar-refractivity contribution in [1.82, 2.24) is 14.9 Å². The highest BCUT2D eigenvalue weighted by molar-refractivity contribution is 6.15. The fourth-order valence-electron chi connectivity index (χ4n) is 3.42. The lowest BCUT2D eigenvalue weighted by atomic mass is 9.98. The molecule has 0 fully saturated rings. The quantitative estimate of drug-likeness (QED) is 0.453. The second-order valence-electron chi connectivity index (χ2n) is 6.68. The van der Waals surface area contributed by atoms with Crippen LogP contribution in [0.5, 0.6) is 0 Å². The predicted molar refractivity (Wildman–Crippen MR) is 126 cm³/mol. The highest BCUT2D eigenvalue weighted by Crippen LogP contribution is 2.28. The lowest BCUT2D eigenvalue weighted by molar-refractivity contribution is 0.0931. The number of halogens is 3. The van der Waals surface area contributed by atoms with E-state index in [1.165, 1.54) is 6.07 Å². The van der Waals surface area contributed by atoms with Crippen LogP contribution in [-0.2, 0) is 11.3 Å². The van der Waals surface area contributed by atoms with Gasteiger partial charge in [0.1, 0.15) is 12.1 Å². The zero-order chi connectivity index (χ0) is 21.1. The molecule has 32 heavy (non-hydrogen) atoms. The molecule has 0 spiro atoms. The third-order valence-corrected chi connectivity index (χ3v) is 4.87. The van der Waals surface area contributed by atoms with Crippen LogP contribution in [0.4, 0.5) is 4.39 Å². The van der Waals surface area contributed by atoms with Gasteiger partial charge in [0, 0.05) is 30.3 Å². The van der Waals surface area contributed by atoms with Crippen LogP contribution >= 0.6 is 24.8 Å². The van der Waals surface area contributed by atoms with Gasteiger partial charge < -0.3 is 10.1 Å². The number of carbonyl (C=O) groups is 1. The minimum Gasteiger partial charge on any atom is -0.383 e. The van der Waals surface area contributed by atoms with E-state index in [1.807, 2.05) is 6.07 Å². The maximum absolute atomic E-state index is 14.6. The Morgan fingerprint density at radius 1 is 1.25 bits per heavy atom. The average Bonchev–Trinajstić information content (AvgIpc) is 3.12. The number of imidazole rings is 1. The van der Waals surface area contributed by atoms with Crippen LogP contribution in [0.25, 0.3) is 5.69 Å². The molecular formula is C23H21Cl2FN4O2. The Morgan fingerprint density at radius 2 is 2.03 bits per heavy atom.